The maximum absolute atomic E-state index is 12.2. The van der Waals surface area contributed by atoms with Gasteiger partial charge in [-0.3, -0.25) is 4.99 Å². The van der Waals surface area contributed by atoms with E-state index in [9.17, 15) is 8.78 Å². The van der Waals surface area contributed by atoms with Crippen molar-refractivity contribution in [2.45, 2.75) is 32.9 Å². The minimum absolute atomic E-state index is 0.156. The minimum Gasteiger partial charge on any atom is -0.435 e. The third-order valence-corrected chi connectivity index (χ3v) is 4.91. The Bertz CT molecular complexity index is 703. The second-order valence-electron chi connectivity index (χ2n) is 5.68. The molecule has 1 aromatic heterocycles. The van der Waals surface area contributed by atoms with E-state index in [4.69, 9.17) is 0 Å². The average Bonchev–Trinajstić information content (AvgIpc) is 3.08. The molecular weight excluding hydrogens is 358 g/mol. The second kappa shape index (κ2) is 10.1. The van der Waals surface area contributed by atoms with Gasteiger partial charge in [-0.05, 0) is 24.1 Å². The number of guanidine groups is 1. The Morgan fingerprint density at radius 3 is 2.65 bits per heavy atom. The number of rotatable bonds is 8. The van der Waals surface area contributed by atoms with Gasteiger partial charge in [-0.1, -0.05) is 19.1 Å². The lowest BCUT2D eigenvalue weighted by Gasteiger charge is -2.22. The molecule has 8 heteroatoms. The third kappa shape index (κ3) is 6.25. The van der Waals surface area contributed by atoms with Gasteiger partial charge in [-0.25, -0.2) is 4.98 Å². The van der Waals surface area contributed by atoms with Crippen molar-refractivity contribution >= 4 is 17.3 Å². The van der Waals surface area contributed by atoms with E-state index in [1.807, 2.05) is 18.1 Å². The maximum Gasteiger partial charge on any atom is 0.387 e. The van der Waals surface area contributed by atoms with Gasteiger partial charge in [0.15, 0.2) is 5.96 Å². The highest BCUT2D eigenvalue weighted by atomic mass is 32.1. The van der Waals surface area contributed by atoms with Crippen molar-refractivity contribution in [2.75, 3.05) is 20.6 Å². The van der Waals surface area contributed by atoms with Gasteiger partial charge in [-0.15, -0.1) is 11.3 Å². The molecule has 0 aliphatic carbocycles. The average molecular weight is 382 g/mol. The number of hydrogen-bond donors (Lipinski definition) is 1. The number of thiazole rings is 1. The lowest BCUT2D eigenvalue weighted by Crippen LogP contribution is -2.39. The van der Waals surface area contributed by atoms with E-state index in [1.54, 1.807) is 42.6 Å². The summed E-state index contributed by atoms with van der Waals surface area (Å²) in [5, 5.41) is 4.43. The van der Waals surface area contributed by atoms with Crippen LogP contribution >= 0.6 is 11.3 Å². The fraction of sp³-hybridized carbons (Fsp3) is 0.444. The summed E-state index contributed by atoms with van der Waals surface area (Å²) in [6.07, 6.45) is 3.79. The van der Waals surface area contributed by atoms with E-state index < -0.39 is 6.61 Å². The molecular formula is C18H24F2N4OS. The van der Waals surface area contributed by atoms with Gasteiger partial charge >= 0.3 is 6.61 Å². The molecule has 0 aliphatic rings. The normalized spacial score (nSPS) is 11.7. The van der Waals surface area contributed by atoms with E-state index in [-0.39, 0.29) is 5.75 Å². The molecule has 1 heterocycles. The number of aryl methyl sites for hydroxylation is 1. The van der Waals surface area contributed by atoms with E-state index in [2.05, 4.69) is 27.0 Å². The third-order valence-electron chi connectivity index (χ3n) is 3.71. The molecule has 0 amide bonds. The number of aromatic nitrogens is 1. The van der Waals surface area contributed by atoms with Crippen LogP contribution in [0, 0.1) is 0 Å². The smallest absolute Gasteiger partial charge is 0.387 e. The number of nitrogens with zero attached hydrogens (tertiary/aromatic N) is 3. The van der Waals surface area contributed by atoms with Crippen LogP contribution in [0.25, 0.3) is 0 Å². The lowest BCUT2D eigenvalue weighted by molar-refractivity contribution is -0.0498. The highest BCUT2D eigenvalue weighted by molar-refractivity contribution is 7.11. The quantitative estimate of drug-likeness (QED) is 0.560. The summed E-state index contributed by atoms with van der Waals surface area (Å²) >= 11 is 1.74. The molecule has 0 bridgehead atoms. The molecule has 2 rings (SSSR count). The zero-order valence-electron chi connectivity index (χ0n) is 15.2. The minimum atomic E-state index is -2.81. The van der Waals surface area contributed by atoms with Crippen molar-refractivity contribution in [2.24, 2.45) is 4.99 Å². The number of halogens is 2. The predicted molar refractivity (Wildman–Crippen MR) is 101 cm³/mol. The summed E-state index contributed by atoms with van der Waals surface area (Å²) < 4.78 is 28.7. The van der Waals surface area contributed by atoms with E-state index >= 15 is 0 Å². The molecule has 0 unspecified atom stereocenters. The number of hydrogen-bond acceptors (Lipinski definition) is 4. The monoisotopic (exact) mass is 382 g/mol. The molecule has 2 aromatic rings. The Morgan fingerprint density at radius 1 is 1.35 bits per heavy atom. The number of nitrogens with one attached hydrogen (secondary N) is 1. The molecule has 1 N–H and O–H groups in total. The molecule has 0 saturated carbocycles. The van der Waals surface area contributed by atoms with Crippen molar-refractivity contribution < 1.29 is 13.5 Å². The van der Waals surface area contributed by atoms with Crippen molar-refractivity contribution in [3.63, 3.8) is 0 Å². The van der Waals surface area contributed by atoms with E-state index in [0.29, 0.717) is 6.54 Å². The van der Waals surface area contributed by atoms with Gasteiger partial charge in [0.1, 0.15) is 5.75 Å². The molecule has 0 saturated heterocycles. The first kappa shape index (κ1) is 20.1. The first-order valence-corrected chi connectivity index (χ1v) is 9.22. The van der Waals surface area contributed by atoms with Crippen LogP contribution in [0.15, 0.2) is 35.5 Å². The highest BCUT2D eigenvalue weighted by Crippen LogP contribution is 2.16. The summed E-state index contributed by atoms with van der Waals surface area (Å²) in [5.74, 6) is 0.925. The molecule has 0 aliphatic heterocycles. The molecule has 26 heavy (non-hydrogen) atoms. The van der Waals surface area contributed by atoms with Crippen molar-refractivity contribution in [3.05, 3.63) is 45.9 Å². The van der Waals surface area contributed by atoms with Gasteiger partial charge in [0.25, 0.3) is 0 Å². The van der Waals surface area contributed by atoms with Crippen molar-refractivity contribution in [1.29, 1.82) is 0 Å². The number of alkyl halides is 2. The van der Waals surface area contributed by atoms with Crippen LogP contribution in [0.4, 0.5) is 8.78 Å². The van der Waals surface area contributed by atoms with Gasteiger partial charge < -0.3 is 15.0 Å². The summed E-state index contributed by atoms with van der Waals surface area (Å²) in [4.78, 5) is 12.0. The highest BCUT2D eigenvalue weighted by Gasteiger charge is 2.09. The first-order valence-electron chi connectivity index (χ1n) is 8.41. The fourth-order valence-electron chi connectivity index (χ4n) is 2.42. The van der Waals surface area contributed by atoms with Crippen molar-refractivity contribution in [1.82, 2.24) is 15.2 Å². The van der Waals surface area contributed by atoms with Crippen LogP contribution < -0.4 is 10.1 Å². The molecule has 0 radical (unpaired) electrons. The number of ether oxygens (including phenoxy) is 1. The zero-order valence-corrected chi connectivity index (χ0v) is 16.0. The molecule has 0 atom stereocenters. The number of benzene rings is 1. The Balaban J connectivity index is 1.82. The maximum atomic E-state index is 12.2. The summed E-state index contributed by atoms with van der Waals surface area (Å²) in [5.41, 5.74) is 0.976. The van der Waals surface area contributed by atoms with Gasteiger partial charge in [-0.2, -0.15) is 8.78 Å². The lowest BCUT2D eigenvalue weighted by atomic mass is 10.2. The van der Waals surface area contributed by atoms with Crippen LogP contribution in [-0.4, -0.2) is 43.1 Å². The topological polar surface area (TPSA) is 49.8 Å². The van der Waals surface area contributed by atoms with Gasteiger partial charge in [0.05, 0.1) is 5.01 Å². The Morgan fingerprint density at radius 2 is 2.08 bits per heavy atom. The SMILES string of the molecule is CCc1cnc(CCNC(=NC)N(C)Cc2ccc(OC(F)F)cc2)s1. The van der Waals surface area contributed by atoms with Crippen LogP contribution in [0.2, 0.25) is 0 Å². The molecule has 1 aromatic carbocycles. The zero-order chi connectivity index (χ0) is 18.9. The summed E-state index contributed by atoms with van der Waals surface area (Å²) in [6.45, 7) is 0.664. The summed E-state index contributed by atoms with van der Waals surface area (Å²) in [7, 11) is 3.66. The van der Waals surface area contributed by atoms with E-state index in [0.717, 1.165) is 35.9 Å². The Hall–Kier alpha value is -2.22. The molecule has 5 nitrogen and oxygen atoms in total. The molecule has 0 fully saturated rings. The predicted octanol–water partition coefficient (Wildman–Crippen LogP) is 3.56. The van der Waals surface area contributed by atoms with Crippen LogP contribution in [-0.2, 0) is 19.4 Å². The standard InChI is InChI=1S/C18H24F2N4OS/c1-4-15-11-23-16(26-15)9-10-22-18(21-2)24(3)12-13-5-7-14(8-6-13)25-17(19)20/h5-8,11,17H,4,9-10,12H2,1-3H3,(H,21,22). The second-order valence-corrected chi connectivity index (χ2v) is 6.88. The van der Waals surface area contributed by atoms with Crippen LogP contribution in [0.5, 0.6) is 5.75 Å². The molecule has 142 valence electrons. The van der Waals surface area contributed by atoms with Crippen LogP contribution in [0.1, 0.15) is 22.4 Å². The van der Waals surface area contributed by atoms with Gasteiger partial charge in [0, 0.05) is 44.7 Å². The molecule has 0 spiro atoms. The van der Waals surface area contributed by atoms with Gasteiger partial charge in [0.2, 0.25) is 0 Å². The van der Waals surface area contributed by atoms with Crippen LogP contribution in [0.3, 0.4) is 0 Å². The van der Waals surface area contributed by atoms with Crippen molar-refractivity contribution in [3.8, 4) is 5.75 Å². The van der Waals surface area contributed by atoms with E-state index in [1.165, 1.54) is 4.88 Å². The summed E-state index contributed by atoms with van der Waals surface area (Å²) in [6, 6.07) is 6.62. The number of aliphatic imine (C=N–C) groups is 1. The Kier molecular flexibility index (Phi) is 7.77. The first-order chi connectivity index (χ1) is 12.5. The largest absolute Gasteiger partial charge is 0.435 e. The Labute approximate surface area is 156 Å². The fourth-order valence-corrected chi connectivity index (χ4v) is 3.28.